The zero-order chi connectivity index (χ0) is 9.84. The maximum atomic E-state index is 10.8. The molecule has 0 radical (unpaired) electrons. The molecule has 1 fully saturated rings. The SMILES string of the molecule is C[C@@H]1C[C@@H](CCC#N)C[C@@H]1C(=O)O. The Kier molecular flexibility index (Phi) is 3.30. The van der Waals surface area contributed by atoms with Gasteiger partial charge in [-0.3, -0.25) is 4.79 Å². The Bertz CT molecular complexity index is 232. The minimum atomic E-state index is -0.674. The van der Waals surface area contributed by atoms with Gasteiger partial charge >= 0.3 is 5.97 Å². The molecule has 1 aliphatic carbocycles. The van der Waals surface area contributed by atoms with Crippen LogP contribution in [-0.2, 0) is 4.79 Å². The summed E-state index contributed by atoms with van der Waals surface area (Å²) in [5, 5.41) is 17.3. The molecule has 0 bridgehead atoms. The first kappa shape index (κ1) is 10.0. The van der Waals surface area contributed by atoms with Gasteiger partial charge in [0.2, 0.25) is 0 Å². The third-order valence-corrected chi connectivity index (χ3v) is 2.96. The van der Waals surface area contributed by atoms with Gasteiger partial charge in [0.25, 0.3) is 0 Å². The van der Waals surface area contributed by atoms with E-state index in [2.05, 4.69) is 6.07 Å². The van der Waals surface area contributed by atoms with E-state index in [0.29, 0.717) is 12.3 Å². The average Bonchev–Trinajstić information content (AvgIpc) is 2.43. The third kappa shape index (κ3) is 2.45. The average molecular weight is 181 g/mol. The van der Waals surface area contributed by atoms with Crippen molar-refractivity contribution >= 4 is 5.97 Å². The van der Waals surface area contributed by atoms with Gasteiger partial charge in [-0.2, -0.15) is 5.26 Å². The van der Waals surface area contributed by atoms with Crippen molar-refractivity contribution in [1.29, 1.82) is 5.26 Å². The quantitative estimate of drug-likeness (QED) is 0.724. The molecule has 72 valence electrons. The highest BCUT2D eigenvalue weighted by Gasteiger charge is 2.35. The smallest absolute Gasteiger partial charge is 0.306 e. The van der Waals surface area contributed by atoms with E-state index < -0.39 is 5.97 Å². The van der Waals surface area contributed by atoms with Gasteiger partial charge in [-0.15, -0.1) is 0 Å². The van der Waals surface area contributed by atoms with Crippen LogP contribution in [0.4, 0.5) is 0 Å². The van der Waals surface area contributed by atoms with Crippen LogP contribution in [0.15, 0.2) is 0 Å². The minimum Gasteiger partial charge on any atom is -0.481 e. The summed E-state index contributed by atoms with van der Waals surface area (Å²) in [6, 6.07) is 2.11. The Morgan fingerprint density at radius 3 is 2.77 bits per heavy atom. The van der Waals surface area contributed by atoms with Crippen LogP contribution in [0.1, 0.15) is 32.6 Å². The molecule has 1 saturated carbocycles. The Labute approximate surface area is 78.4 Å². The predicted molar refractivity (Wildman–Crippen MR) is 47.9 cm³/mol. The van der Waals surface area contributed by atoms with Crippen molar-refractivity contribution in [1.82, 2.24) is 0 Å². The van der Waals surface area contributed by atoms with Gasteiger partial charge in [-0.05, 0) is 31.1 Å². The molecule has 3 heteroatoms. The molecule has 0 saturated heterocycles. The van der Waals surface area contributed by atoms with Gasteiger partial charge in [-0.1, -0.05) is 6.92 Å². The van der Waals surface area contributed by atoms with Crippen molar-refractivity contribution in [3.63, 3.8) is 0 Å². The molecule has 1 rings (SSSR count). The largest absolute Gasteiger partial charge is 0.481 e. The minimum absolute atomic E-state index is 0.177. The van der Waals surface area contributed by atoms with E-state index in [1.54, 1.807) is 0 Å². The van der Waals surface area contributed by atoms with E-state index in [1.165, 1.54) is 0 Å². The lowest BCUT2D eigenvalue weighted by atomic mass is 9.99. The number of aliphatic carboxylic acids is 1. The normalized spacial score (nSPS) is 32.8. The molecule has 1 aliphatic rings. The molecule has 1 N–H and O–H groups in total. The molecule has 0 aromatic rings. The van der Waals surface area contributed by atoms with Gasteiger partial charge < -0.3 is 5.11 Å². The van der Waals surface area contributed by atoms with Crippen LogP contribution in [0, 0.1) is 29.1 Å². The molecule has 0 heterocycles. The zero-order valence-electron chi connectivity index (χ0n) is 7.86. The fraction of sp³-hybridized carbons (Fsp3) is 0.800. The number of nitriles is 1. The van der Waals surface area contributed by atoms with Crippen molar-refractivity contribution in [2.24, 2.45) is 17.8 Å². The number of nitrogens with zero attached hydrogens (tertiary/aromatic N) is 1. The van der Waals surface area contributed by atoms with Gasteiger partial charge in [0.1, 0.15) is 0 Å². The maximum Gasteiger partial charge on any atom is 0.306 e. The molecule has 0 unspecified atom stereocenters. The molecule has 3 nitrogen and oxygen atoms in total. The summed E-state index contributed by atoms with van der Waals surface area (Å²) < 4.78 is 0. The summed E-state index contributed by atoms with van der Waals surface area (Å²) >= 11 is 0. The number of carboxylic acid groups (broad SMARTS) is 1. The molecule has 13 heavy (non-hydrogen) atoms. The lowest BCUT2D eigenvalue weighted by Gasteiger charge is -2.07. The zero-order valence-corrected chi connectivity index (χ0v) is 7.86. The second-order valence-corrected chi connectivity index (χ2v) is 3.96. The van der Waals surface area contributed by atoms with Gasteiger partial charge in [0.15, 0.2) is 0 Å². The first-order valence-electron chi connectivity index (χ1n) is 4.75. The molecule has 0 aromatic carbocycles. The Morgan fingerprint density at radius 2 is 2.31 bits per heavy atom. The monoisotopic (exact) mass is 181 g/mol. The van der Waals surface area contributed by atoms with Crippen LogP contribution >= 0.6 is 0 Å². The number of carboxylic acids is 1. The third-order valence-electron chi connectivity index (χ3n) is 2.96. The van der Waals surface area contributed by atoms with Crippen LogP contribution in [-0.4, -0.2) is 11.1 Å². The van der Waals surface area contributed by atoms with Crippen LogP contribution in [0.25, 0.3) is 0 Å². The molecular formula is C10H15NO2. The number of hydrogen-bond donors (Lipinski definition) is 1. The topological polar surface area (TPSA) is 61.1 Å². The number of rotatable bonds is 3. The van der Waals surface area contributed by atoms with Crippen molar-refractivity contribution in [3.05, 3.63) is 0 Å². The number of carbonyl (C=O) groups is 1. The Hall–Kier alpha value is -1.04. The molecule has 0 aromatic heterocycles. The predicted octanol–water partition coefficient (Wildman–Crippen LogP) is 2.04. The molecule has 0 spiro atoms. The summed E-state index contributed by atoms with van der Waals surface area (Å²) in [6.45, 7) is 1.99. The second-order valence-electron chi connectivity index (χ2n) is 3.96. The van der Waals surface area contributed by atoms with Crippen LogP contribution < -0.4 is 0 Å². The molecule has 0 amide bonds. The molecule has 0 aliphatic heterocycles. The van der Waals surface area contributed by atoms with Gasteiger partial charge in [-0.25, -0.2) is 0 Å². The van der Waals surface area contributed by atoms with Crippen LogP contribution in [0.3, 0.4) is 0 Å². The maximum absolute atomic E-state index is 10.8. The van der Waals surface area contributed by atoms with Crippen molar-refractivity contribution in [2.75, 3.05) is 0 Å². The standard InChI is InChI=1S/C10H15NO2/c1-7-5-8(3-2-4-11)6-9(7)10(12)13/h7-9H,2-3,5-6H2,1H3,(H,12,13)/t7-,8-,9+/m1/s1. The van der Waals surface area contributed by atoms with E-state index in [0.717, 1.165) is 19.3 Å². The summed E-state index contributed by atoms with van der Waals surface area (Å²) in [4.78, 5) is 10.8. The van der Waals surface area contributed by atoms with Crippen LogP contribution in [0.2, 0.25) is 0 Å². The summed E-state index contributed by atoms with van der Waals surface area (Å²) in [7, 11) is 0. The summed E-state index contributed by atoms with van der Waals surface area (Å²) in [5.74, 6) is -0.118. The highest BCUT2D eigenvalue weighted by Crippen LogP contribution is 2.38. The first-order valence-corrected chi connectivity index (χ1v) is 4.75. The van der Waals surface area contributed by atoms with Crippen molar-refractivity contribution < 1.29 is 9.90 Å². The molecular weight excluding hydrogens is 166 g/mol. The van der Waals surface area contributed by atoms with Crippen molar-refractivity contribution in [2.45, 2.75) is 32.6 Å². The second kappa shape index (κ2) is 4.27. The van der Waals surface area contributed by atoms with Gasteiger partial charge in [0, 0.05) is 6.42 Å². The lowest BCUT2D eigenvalue weighted by Crippen LogP contribution is -2.15. The van der Waals surface area contributed by atoms with Crippen molar-refractivity contribution in [3.8, 4) is 6.07 Å². The lowest BCUT2D eigenvalue weighted by molar-refractivity contribution is -0.142. The van der Waals surface area contributed by atoms with E-state index in [1.807, 2.05) is 6.92 Å². The van der Waals surface area contributed by atoms with E-state index in [4.69, 9.17) is 10.4 Å². The highest BCUT2D eigenvalue weighted by atomic mass is 16.4. The fourth-order valence-electron chi connectivity index (χ4n) is 2.23. The first-order chi connectivity index (χ1) is 6.15. The van der Waals surface area contributed by atoms with E-state index >= 15 is 0 Å². The Balaban J connectivity index is 2.41. The van der Waals surface area contributed by atoms with E-state index in [9.17, 15) is 4.79 Å². The molecule has 3 atom stereocenters. The van der Waals surface area contributed by atoms with Crippen LogP contribution in [0.5, 0.6) is 0 Å². The van der Waals surface area contributed by atoms with Gasteiger partial charge in [0.05, 0.1) is 12.0 Å². The highest BCUT2D eigenvalue weighted by molar-refractivity contribution is 5.70. The summed E-state index contributed by atoms with van der Waals surface area (Å²) in [6.07, 6.45) is 3.16. The fourth-order valence-corrected chi connectivity index (χ4v) is 2.23. The Morgan fingerprint density at radius 1 is 1.62 bits per heavy atom. The number of hydrogen-bond acceptors (Lipinski definition) is 2. The van der Waals surface area contributed by atoms with E-state index in [-0.39, 0.29) is 11.8 Å². The summed E-state index contributed by atoms with van der Waals surface area (Å²) in [5.41, 5.74) is 0.